The zero-order chi connectivity index (χ0) is 55.9. The molecule has 8 N–H and O–H groups in total. The summed E-state index contributed by atoms with van der Waals surface area (Å²) in [5.74, 6) is -3.10. The second-order valence-electron chi connectivity index (χ2n) is 15.8. The van der Waals surface area contributed by atoms with Crippen molar-refractivity contribution < 1.29 is 106 Å². The number of nitrogens with one attached hydrogen (secondary N) is 3. The van der Waals surface area contributed by atoms with Crippen LogP contribution in [0.25, 0.3) is 0 Å². The van der Waals surface area contributed by atoms with Crippen molar-refractivity contribution in [3.8, 4) is 0 Å². The Balaban J connectivity index is 0. The van der Waals surface area contributed by atoms with E-state index in [9.17, 15) is 38.7 Å². The number of methoxy groups -OCH3 is 3. The summed E-state index contributed by atoms with van der Waals surface area (Å²) in [6, 6.07) is 0. The average molecular weight is 1070 g/mol. The van der Waals surface area contributed by atoms with Crippen LogP contribution in [0.4, 0.5) is 0 Å². The third-order valence-corrected chi connectivity index (χ3v) is 10.0. The number of carboxylic acid groups (broad SMARTS) is 1. The number of aliphatic carboxylic acids is 1. The molecule has 0 aliphatic carbocycles. The first-order valence-corrected chi connectivity index (χ1v) is 24.7. The first-order chi connectivity index (χ1) is 35.5. The number of allylic oxidation sites excluding steroid dienone is 1. The van der Waals surface area contributed by atoms with Crippen molar-refractivity contribution in [2.24, 2.45) is 0 Å². The third kappa shape index (κ3) is 39.7. The molecule has 0 saturated heterocycles. The monoisotopic (exact) mass is 1070 g/mol. The molecule has 0 radical (unpaired) electrons. The smallest absolute Gasteiger partial charge is 0.305 e. The second kappa shape index (κ2) is 48.0. The Hall–Kier alpha value is -4.71. The van der Waals surface area contributed by atoms with Crippen LogP contribution in [-0.4, -0.2) is 223 Å². The number of aliphatic hydroxyl groups is 4. The van der Waals surface area contributed by atoms with Gasteiger partial charge < -0.3 is 88.9 Å². The summed E-state index contributed by atoms with van der Waals surface area (Å²) in [6.07, 6.45) is 2.96. The molecule has 6 atom stereocenters. The van der Waals surface area contributed by atoms with Crippen LogP contribution in [0.1, 0.15) is 91.4 Å². The summed E-state index contributed by atoms with van der Waals surface area (Å²) < 4.78 is 51.6. The van der Waals surface area contributed by atoms with Crippen molar-refractivity contribution >= 4 is 41.5 Å². The Labute approximate surface area is 434 Å². The van der Waals surface area contributed by atoms with Gasteiger partial charge >= 0.3 is 17.9 Å². The van der Waals surface area contributed by atoms with Crippen LogP contribution in [-0.2, 0) is 80.9 Å². The highest BCUT2D eigenvalue weighted by molar-refractivity contribution is 6.13. The standard InChI is InChI=1S/C29H48N4O11.C12H22O7.C7H16O4/c1-4-23(20-34)44-29(40-3)21-43-28(39)7-5-6-22(2)30-12-13-31-25(36)11-16-41-18-19-42-17-14-32-24(35)10-15-33-26(37)8-9-27(33)38;1-3-9(7-13)19-12(17-2)8-18-11(16)6-4-5-10(14)15;1-3-6(4-8)11-7(5-9)10-2/h8-9,23,29-30,34H,2,4-7,10-21H2,1,3H3,(H,31,36)(H,32,35);9,12-13H,3-8H2,1-2H3,(H,14,15);6-9H,3-5H2,1-2H3. The summed E-state index contributed by atoms with van der Waals surface area (Å²) in [7, 11) is 4.30. The van der Waals surface area contributed by atoms with Gasteiger partial charge in [0.1, 0.15) is 13.2 Å². The Bertz CT molecular complexity index is 1530. The van der Waals surface area contributed by atoms with Gasteiger partial charge in [0, 0.05) is 97.5 Å². The minimum absolute atomic E-state index is 0.0219. The molecule has 0 aromatic carbocycles. The Kier molecular flexibility index (Phi) is 46.3. The highest BCUT2D eigenvalue weighted by Crippen LogP contribution is 2.09. The summed E-state index contributed by atoms with van der Waals surface area (Å²) in [5, 5.41) is 52.5. The fourth-order valence-corrected chi connectivity index (χ4v) is 5.56. The number of ether oxygens (including phenoxy) is 10. The van der Waals surface area contributed by atoms with Gasteiger partial charge in [-0.15, -0.1) is 0 Å². The van der Waals surface area contributed by atoms with Gasteiger partial charge in [0.15, 0.2) is 18.9 Å². The minimum atomic E-state index is -0.945. The maximum absolute atomic E-state index is 12.0. The Morgan fingerprint density at radius 3 is 1.43 bits per heavy atom. The van der Waals surface area contributed by atoms with Gasteiger partial charge in [-0.25, -0.2) is 0 Å². The van der Waals surface area contributed by atoms with Gasteiger partial charge in [0.2, 0.25) is 11.8 Å². The molecule has 26 nitrogen and oxygen atoms in total. The highest BCUT2D eigenvalue weighted by atomic mass is 16.7. The van der Waals surface area contributed by atoms with Gasteiger partial charge in [-0.1, -0.05) is 27.4 Å². The number of imide groups is 1. The number of carbonyl (C=O) groups excluding carboxylic acids is 6. The molecule has 0 aromatic rings. The van der Waals surface area contributed by atoms with E-state index in [1.165, 1.54) is 33.5 Å². The lowest BCUT2D eigenvalue weighted by molar-refractivity contribution is -0.194. The van der Waals surface area contributed by atoms with E-state index in [1.54, 1.807) is 0 Å². The van der Waals surface area contributed by atoms with E-state index < -0.39 is 42.6 Å². The molecule has 1 aliphatic heterocycles. The molecule has 26 heteroatoms. The lowest BCUT2D eigenvalue weighted by atomic mass is 10.2. The lowest BCUT2D eigenvalue weighted by Gasteiger charge is -2.21. The second-order valence-corrected chi connectivity index (χ2v) is 15.8. The minimum Gasteiger partial charge on any atom is -0.481 e. The van der Waals surface area contributed by atoms with Crippen LogP contribution in [0.15, 0.2) is 24.4 Å². The van der Waals surface area contributed by atoms with Crippen molar-refractivity contribution in [1.29, 1.82) is 0 Å². The Morgan fingerprint density at radius 2 is 0.986 bits per heavy atom. The van der Waals surface area contributed by atoms with E-state index in [1.807, 2.05) is 20.8 Å². The molecular formula is C48H86N4O22. The molecular weight excluding hydrogens is 985 g/mol. The quantitative estimate of drug-likeness (QED) is 0.0170. The normalized spacial score (nSPS) is 14.3. The average Bonchev–Trinajstić information content (AvgIpc) is 3.72. The number of nitrogens with zero attached hydrogens (tertiary/aromatic N) is 1. The van der Waals surface area contributed by atoms with Crippen molar-refractivity contribution in [3.05, 3.63) is 24.4 Å². The predicted octanol–water partition coefficient (Wildman–Crippen LogP) is -0.183. The highest BCUT2D eigenvalue weighted by Gasteiger charge is 2.24. The number of hydrogen-bond acceptors (Lipinski definition) is 22. The molecule has 0 spiro atoms. The third-order valence-electron chi connectivity index (χ3n) is 10.0. The number of amides is 4. The predicted molar refractivity (Wildman–Crippen MR) is 263 cm³/mol. The van der Waals surface area contributed by atoms with E-state index in [-0.39, 0.29) is 141 Å². The largest absolute Gasteiger partial charge is 0.481 e. The van der Waals surface area contributed by atoms with Crippen molar-refractivity contribution in [2.45, 2.75) is 129 Å². The van der Waals surface area contributed by atoms with Crippen LogP contribution < -0.4 is 16.0 Å². The molecule has 1 aliphatic rings. The molecule has 0 fully saturated rings. The maximum Gasteiger partial charge on any atom is 0.305 e. The van der Waals surface area contributed by atoms with E-state index in [4.69, 9.17) is 67.8 Å². The topological polar surface area (TPSA) is 352 Å². The lowest BCUT2D eigenvalue weighted by Crippen LogP contribution is -2.35. The number of rotatable bonds is 44. The van der Waals surface area contributed by atoms with Gasteiger partial charge in [-0.2, -0.15) is 0 Å². The molecule has 6 unspecified atom stereocenters. The zero-order valence-corrected chi connectivity index (χ0v) is 44.1. The van der Waals surface area contributed by atoms with Crippen LogP contribution >= 0.6 is 0 Å². The molecule has 1 heterocycles. The fourth-order valence-electron chi connectivity index (χ4n) is 5.56. The van der Waals surface area contributed by atoms with Crippen molar-refractivity contribution in [2.75, 3.05) is 114 Å². The van der Waals surface area contributed by atoms with Crippen LogP contribution in [0.3, 0.4) is 0 Å². The molecule has 0 aromatic heterocycles. The molecule has 74 heavy (non-hydrogen) atoms. The molecule has 1 rings (SSSR count). The van der Waals surface area contributed by atoms with Gasteiger partial charge in [-0.3, -0.25) is 38.5 Å². The van der Waals surface area contributed by atoms with Gasteiger partial charge in [-0.05, 0) is 38.5 Å². The number of carboxylic acids is 1. The molecule has 0 saturated carbocycles. The molecule has 430 valence electrons. The number of hydrogen-bond donors (Lipinski definition) is 8. The van der Waals surface area contributed by atoms with E-state index in [2.05, 4.69) is 22.5 Å². The first kappa shape index (κ1) is 71.4. The van der Waals surface area contributed by atoms with Crippen molar-refractivity contribution in [1.82, 2.24) is 20.9 Å². The summed E-state index contributed by atoms with van der Waals surface area (Å²) >= 11 is 0. The van der Waals surface area contributed by atoms with E-state index >= 15 is 0 Å². The number of aliphatic hydroxyl groups excluding tert-OH is 4. The SMILES string of the molecule is C=C(CCCC(=O)OCC(OC)OC(CC)CO)NCCNC(=O)CCOCCOCCNC(=O)CCN1C(=O)C=CC1=O.CCC(CO)OC(CO)OC.CCC(CO)OC(COC(=O)CCCC(=O)O)OC. The van der Waals surface area contributed by atoms with Gasteiger partial charge in [0.05, 0.1) is 71.2 Å². The maximum atomic E-state index is 12.0. The summed E-state index contributed by atoms with van der Waals surface area (Å²) in [5.41, 5.74) is 0.745. The van der Waals surface area contributed by atoms with Crippen LogP contribution in [0.2, 0.25) is 0 Å². The number of carbonyl (C=O) groups is 7. The molecule has 4 amide bonds. The fraction of sp³-hybridized carbons (Fsp3) is 0.771. The van der Waals surface area contributed by atoms with Crippen molar-refractivity contribution in [3.63, 3.8) is 0 Å². The van der Waals surface area contributed by atoms with Gasteiger partial charge in [0.25, 0.3) is 11.8 Å². The first-order valence-electron chi connectivity index (χ1n) is 24.7. The zero-order valence-electron chi connectivity index (χ0n) is 44.1. The van der Waals surface area contributed by atoms with Crippen LogP contribution in [0, 0.1) is 0 Å². The number of esters is 2. The summed E-state index contributed by atoms with van der Waals surface area (Å²) in [6.45, 7) is 11.2. The van der Waals surface area contributed by atoms with E-state index in [0.29, 0.717) is 58.4 Å². The van der Waals surface area contributed by atoms with Crippen LogP contribution in [0.5, 0.6) is 0 Å². The Morgan fingerprint density at radius 1 is 0.554 bits per heavy atom. The summed E-state index contributed by atoms with van der Waals surface area (Å²) in [4.78, 5) is 81.1. The molecule has 0 bridgehead atoms. The van der Waals surface area contributed by atoms with E-state index in [0.717, 1.165) is 10.6 Å².